The lowest BCUT2D eigenvalue weighted by Crippen LogP contribution is -2.39. The van der Waals surface area contributed by atoms with Crippen molar-refractivity contribution in [2.45, 2.75) is 40.7 Å². The molecular formula is C29H42N3O9+3. The Morgan fingerprint density at radius 1 is 0.610 bits per heavy atom. The summed E-state index contributed by atoms with van der Waals surface area (Å²) in [5, 5.41) is 0. The molecule has 0 unspecified atom stereocenters. The predicted octanol–water partition coefficient (Wildman–Crippen LogP) is 1.65. The smallest absolute Gasteiger partial charge is 0.338 e. The number of hydrogen-bond donors (Lipinski definition) is 0. The first-order chi connectivity index (χ1) is 19.7. The van der Waals surface area contributed by atoms with E-state index in [4.69, 9.17) is 24.0 Å². The van der Waals surface area contributed by atoms with Crippen molar-refractivity contribution in [2.75, 3.05) is 35.0 Å². The first-order valence-electron chi connectivity index (χ1n) is 12.8. The normalized spacial score (nSPS) is 9.22. The van der Waals surface area contributed by atoms with Crippen LogP contribution < -0.4 is 28.7 Å². The summed E-state index contributed by atoms with van der Waals surface area (Å²) in [5.74, 6) is -0.979. The number of carbonyl (C=O) groups is 3. The zero-order chi connectivity index (χ0) is 31.2. The molecule has 0 saturated carbocycles. The van der Waals surface area contributed by atoms with Gasteiger partial charge >= 0.3 is 17.9 Å². The highest BCUT2D eigenvalue weighted by Gasteiger charge is 2.11. The molecule has 0 atom stereocenters. The maximum Gasteiger partial charge on any atom is 0.338 e. The van der Waals surface area contributed by atoms with E-state index in [0.29, 0.717) is 23.3 Å². The molecule has 12 heteroatoms. The summed E-state index contributed by atoms with van der Waals surface area (Å²) < 4.78 is 18.8. The topological polar surface area (TPSA) is 118 Å². The quantitative estimate of drug-likeness (QED) is 0.224. The van der Waals surface area contributed by atoms with Gasteiger partial charge in [0.15, 0.2) is 0 Å². The van der Waals surface area contributed by atoms with Gasteiger partial charge < -0.3 is 14.2 Å². The van der Waals surface area contributed by atoms with Crippen LogP contribution in [0.25, 0.3) is 0 Å². The highest BCUT2D eigenvalue weighted by molar-refractivity contribution is 5.89. The van der Waals surface area contributed by atoms with Crippen molar-refractivity contribution < 1.29 is 57.3 Å². The summed E-state index contributed by atoms with van der Waals surface area (Å²) in [6.45, 7) is 9.79. The van der Waals surface area contributed by atoms with E-state index in [-0.39, 0.29) is 24.0 Å². The third kappa shape index (κ3) is 14.3. The summed E-state index contributed by atoms with van der Waals surface area (Å²) in [6.07, 6.45) is 9.75. The minimum atomic E-state index is -0.349. The Hall–Kier alpha value is -4.74. The average molecular weight is 577 g/mol. The number of hydrogen-bond acceptors (Lipinski definition) is 9. The van der Waals surface area contributed by atoms with Gasteiger partial charge in [-0.3, -0.25) is 14.5 Å². The Labute approximate surface area is 241 Å². The minimum absolute atomic E-state index is 0.0998. The van der Waals surface area contributed by atoms with E-state index >= 15 is 0 Å². The van der Waals surface area contributed by atoms with E-state index in [0.717, 1.165) is 0 Å². The second-order valence-electron chi connectivity index (χ2n) is 7.55. The van der Waals surface area contributed by atoms with Gasteiger partial charge in [-0.2, -0.15) is 0 Å². The van der Waals surface area contributed by atoms with E-state index < -0.39 is 0 Å². The third-order valence-electron chi connectivity index (χ3n) is 4.55. The SMILES string of the molecule is CC.CCOC(=O)c1cc[n+](OC)cc1.COC(=O)c1cc[n+](OC)cc1.CO[n+]1ccc(C(=O)OC(C)C)cc1. The molecule has 3 aromatic rings. The molecule has 3 heterocycles. The zero-order valence-corrected chi connectivity index (χ0v) is 25.2. The molecule has 41 heavy (non-hydrogen) atoms. The Kier molecular flexibility index (Phi) is 18.7. The third-order valence-corrected chi connectivity index (χ3v) is 4.55. The molecule has 0 bridgehead atoms. The zero-order valence-electron chi connectivity index (χ0n) is 25.2. The van der Waals surface area contributed by atoms with Gasteiger partial charge in [-0.1, -0.05) is 13.8 Å². The van der Waals surface area contributed by atoms with Crippen LogP contribution in [0.2, 0.25) is 0 Å². The number of methoxy groups -OCH3 is 1. The van der Waals surface area contributed by atoms with Crippen molar-refractivity contribution in [3.63, 3.8) is 0 Å². The second kappa shape index (κ2) is 21.1. The molecule has 0 fully saturated rings. The summed E-state index contributed by atoms with van der Waals surface area (Å²) in [6, 6.07) is 9.82. The highest BCUT2D eigenvalue weighted by atomic mass is 16.6. The van der Waals surface area contributed by atoms with E-state index in [1.54, 1.807) is 94.7 Å². The second-order valence-corrected chi connectivity index (χ2v) is 7.55. The number of carbonyl (C=O) groups excluding carboxylic acids is 3. The van der Waals surface area contributed by atoms with Gasteiger partial charge in [-0.05, 0) is 20.8 Å². The number of rotatable bonds is 8. The molecule has 0 aliphatic rings. The molecule has 0 aromatic carbocycles. The molecule has 224 valence electrons. The highest BCUT2D eigenvalue weighted by Crippen LogP contribution is 2.01. The van der Waals surface area contributed by atoms with Gasteiger partial charge in [0.05, 0.1) is 36.5 Å². The molecule has 12 nitrogen and oxygen atoms in total. The van der Waals surface area contributed by atoms with Crippen LogP contribution in [-0.4, -0.2) is 59.1 Å². The molecule has 3 rings (SSSR count). The number of aromatic nitrogens is 3. The molecule has 0 radical (unpaired) electrons. The van der Waals surface area contributed by atoms with E-state index in [9.17, 15) is 14.4 Å². The monoisotopic (exact) mass is 576 g/mol. The van der Waals surface area contributed by atoms with Crippen molar-refractivity contribution in [3.8, 4) is 0 Å². The van der Waals surface area contributed by atoms with Crippen LogP contribution in [0.15, 0.2) is 73.6 Å². The first-order valence-corrected chi connectivity index (χ1v) is 12.8. The van der Waals surface area contributed by atoms with Gasteiger partial charge in [0.1, 0.15) is 21.3 Å². The summed E-state index contributed by atoms with van der Waals surface area (Å²) in [7, 11) is 5.98. The van der Waals surface area contributed by atoms with E-state index in [2.05, 4.69) is 4.74 Å². The van der Waals surface area contributed by atoms with Crippen LogP contribution in [-0.2, 0) is 14.2 Å². The van der Waals surface area contributed by atoms with Crippen molar-refractivity contribution in [2.24, 2.45) is 0 Å². The van der Waals surface area contributed by atoms with Gasteiger partial charge in [0.25, 0.3) is 0 Å². The molecule has 3 aromatic heterocycles. The van der Waals surface area contributed by atoms with Crippen molar-refractivity contribution >= 4 is 17.9 Å². The lowest BCUT2D eigenvalue weighted by atomic mass is 10.3. The fourth-order valence-corrected chi connectivity index (χ4v) is 2.63. The van der Waals surface area contributed by atoms with Gasteiger partial charge in [-0.15, -0.1) is 0 Å². The van der Waals surface area contributed by atoms with Gasteiger partial charge in [0, 0.05) is 50.6 Å². The largest absolute Gasteiger partial charge is 0.465 e. The van der Waals surface area contributed by atoms with Crippen LogP contribution in [0.1, 0.15) is 65.7 Å². The summed E-state index contributed by atoms with van der Waals surface area (Å²) in [4.78, 5) is 48.1. The van der Waals surface area contributed by atoms with Gasteiger partial charge in [0.2, 0.25) is 37.2 Å². The van der Waals surface area contributed by atoms with Gasteiger partial charge in [-0.25, -0.2) is 14.4 Å². The Bertz CT molecular complexity index is 1150. The molecule has 0 spiro atoms. The number of esters is 3. The lowest BCUT2D eigenvalue weighted by molar-refractivity contribution is -0.885. The number of ether oxygens (including phenoxy) is 3. The molecule has 0 aliphatic carbocycles. The van der Waals surface area contributed by atoms with Crippen LogP contribution in [0.5, 0.6) is 0 Å². The molecule has 0 amide bonds. The van der Waals surface area contributed by atoms with Crippen molar-refractivity contribution in [1.82, 2.24) is 0 Å². The van der Waals surface area contributed by atoms with Crippen molar-refractivity contribution in [3.05, 3.63) is 90.3 Å². The summed E-state index contributed by atoms with van der Waals surface area (Å²) >= 11 is 0. The summed E-state index contributed by atoms with van der Waals surface area (Å²) in [5.41, 5.74) is 1.55. The van der Waals surface area contributed by atoms with Crippen LogP contribution in [0.3, 0.4) is 0 Å². The predicted molar refractivity (Wildman–Crippen MR) is 147 cm³/mol. The fourth-order valence-electron chi connectivity index (χ4n) is 2.63. The number of nitrogens with zero attached hydrogens (tertiary/aromatic N) is 3. The lowest BCUT2D eigenvalue weighted by Gasteiger charge is -2.06. The maximum absolute atomic E-state index is 11.4. The fraction of sp³-hybridized carbons (Fsp3) is 0.379. The Morgan fingerprint density at radius 3 is 1.20 bits per heavy atom. The average Bonchev–Trinajstić information content (AvgIpc) is 3.02. The van der Waals surface area contributed by atoms with Crippen molar-refractivity contribution in [1.29, 1.82) is 0 Å². The van der Waals surface area contributed by atoms with E-state index in [1.807, 2.05) is 27.7 Å². The molecule has 0 saturated heterocycles. The molecule has 0 aliphatic heterocycles. The molecular weight excluding hydrogens is 534 g/mol. The Morgan fingerprint density at radius 2 is 0.927 bits per heavy atom. The van der Waals surface area contributed by atoms with Crippen LogP contribution in [0.4, 0.5) is 0 Å². The van der Waals surface area contributed by atoms with Crippen LogP contribution >= 0.6 is 0 Å². The minimum Gasteiger partial charge on any atom is -0.465 e. The maximum atomic E-state index is 11.4. The Balaban J connectivity index is 0.000000569. The van der Waals surface area contributed by atoms with Crippen LogP contribution in [0, 0.1) is 0 Å². The standard InChI is InChI=1S/C10H14NO3.C9H12NO3.C8H10NO3.C2H6/c1-8(2)14-10(12)9-4-6-11(13-3)7-5-9;1-3-13-9(11)8-4-6-10(12-2)7-5-8;1-11-8(10)7-3-5-9(12-2)6-4-7;1-2/h4-8H,1-3H3;4-7H,3H2,1-2H3;3-6H,1-2H3;1-2H3/q3*+1;. The molecule has 0 N–H and O–H groups in total. The van der Waals surface area contributed by atoms with E-state index in [1.165, 1.54) is 28.4 Å². The first kappa shape index (κ1) is 36.3. The number of pyridine rings is 3.